The van der Waals surface area contributed by atoms with Gasteiger partial charge in [-0.2, -0.15) is 0 Å². The molecule has 1 N–H and O–H groups in total. The third kappa shape index (κ3) is 1.74. The highest BCUT2D eigenvalue weighted by atomic mass is 35.5. The van der Waals surface area contributed by atoms with Gasteiger partial charge in [0.1, 0.15) is 5.52 Å². The van der Waals surface area contributed by atoms with E-state index in [2.05, 4.69) is 10.3 Å². The first kappa shape index (κ1) is 11.1. The second-order valence-corrected chi connectivity index (χ2v) is 5.06. The van der Waals surface area contributed by atoms with Crippen LogP contribution in [-0.4, -0.2) is 11.5 Å². The summed E-state index contributed by atoms with van der Waals surface area (Å²) in [7, 11) is 0. The van der Waals surface area contributed by atoms with Crippen molar-refractivity contribution >= 4 is 22.7 Å². The highest BCUT2D eigenvalue weighted by Crippen LogP contribution is 2.32. The normalized spacial score (nSPS) is 20.3. The molecule has 0 spiro atoms. The molecule has 0 amide bonds. The van der Waals surface area contributed by atoms with Crippen molar-refractivity contribution in [2.75, 3.05) is 6.54 Å². The quantitative estimate of drug-likeness (QED) is 0.842. The summed E-state index contributed by atoms with van der Waals surface area (Å²) in [6.07, 6.45) is 2.28. The summed E-state index contributed by atoms with van der Waals surface area (Å²) >= 11 is 6.23. The topological polar surface area (TPSA) is 38.1 Å². The molecule has 3 rings (SSSR count). The number of fused-ring (bicyclic) bond motifs is 1. The second kappa shape index (κ2) is 4.00. The molecule has 1 atom stereocenters. The Balaban J connectivity index is 2.15. The van der Waals surface area contributed by atoms with Gasteiger partial charge in [-0.25, -0.2) is 4.98 Å². The third-order valence-corrected chi connectivity index (χ3v) is 3.99. The van der Waals surface area contributed by atoms with E-state index in [1.54, 1.807) is 0 Å². The SMILES string of the molecule is Cc1cc2oc(C3CCCN3)nc2c(C)c1Cl. The number of hydrogen-bond acceptors (Lipinski definition) is 3. The number of nitrogens with one attached hydrogen (secondary N) is 1. The molecule has 2 aromatic rings. The summed E-state index contributed by atoms with van der Waals surface area (Å²) in [5, 5.41) is 4.18. The minimum atomic E-state index is 0.265. The molecule has 17 heavy (non-hydrogen) atoms. The molecule has 3 nitrogen and oxygen atoms in total. The van der Waals surface area contributed by atoms with E-state index in [4.69, 9.17) is 16.0 Å². The highest BCUT2D eigenvalue weighted by molar-refractivity contribution is 6.33. The van der Waals surface area contributed by atoms with Crippen LogP contribution in [0.15, 0.2) is 10.5 Å². The van der Waals surface area contributed by atoms with Crippen LogP contribution < -0.4 is 5.32 Å². The molecule has 1 saturated heterocycles. The number of hydrogen-bond donors (Lipinski definition) is 1. The van der Waals surface area contributed by atoms with Crippen LogP contribution in [0.3, 0.4) is 0 Å². The Bertz CT molecular complexity index is 570. The number of rotatable bonds is 1. The van der Waals surface area contributed by atoms with Crippen LogP contribution in [0.25, 0.3) is 11.1 Å². The summed E-state index contributed by atoms with van der Waals surface area (Å²) in [5.74, 6) is 0.794. The second-order valence-electron chi connectivity index (χ2n) is 4.68. The van der Waals surface area contributed by atoms with Crippen LogP contribution in [0.2, 0.25) is 5.02 Å². The zero-order chi connectivity index (χ0) is 12.0. The van der Waals surface area contributed by atoms with Crippen molar-refractivity contribution in [3.8, 4) is 0 Å². The molecule has 2 heterocycles. The lowest BCUT2D eigenvalue weighted by atomic mass is 10.1. The van der Waals surface area contributed by atoms with Gasteiger partial charge in [-0.1, -0.05) is 11.6 Å². The monoisotopic (exact) mass is 250 g/mol. The maximum atomic E-state index is 6.23. The molecule has 1 aromatic carbocycles. The van der Waals surface area contributed by atoms with E-state index in [1.807, 2.05) is 19.9 Å². The smallest absolute Gasteiger partial charge is 0.212 e. The van der Waals surface area contributed by atoms with Gasteiger partial charge in [0.05, 0.1) is 6.04 Å². The minimum absolute atomic E-state index is 0.265. The van der Waals surface area contributed by atoms with Crippen molar-refractivity contribution in [3.63, 3.8) is 0 Å². The molecular weight excluding hydrogens is 236 g/mol. The van der Waals surface area contributed by atoms with Gasteiger partial charge in [-0.3, -0.25) is 0 Å². The summed E-state index contributed by atoms with van der Waals surface area (Å²) in [6.45, 7) is 5.03. The fourth-order valence-electron chi connectivity index (χ4n) is 2.42. The van der Waals surface area contributed by atoms with Gasteiger partial charge in [0.25, 0.3) is 0 Å². The molecule has 0 bridgehead atoms. The lowest BCUT2D eigenvalue weighted by Crippen LogP contribution is -2.12. The van der Waals surface area contributed by atoms with Crippen LogP contribution >= 0.6 is 11.6 Å². The molecule has 4 heteroatoms. The number of benzene rings is 1. The molecule has 1 fully saturated rings. The summed E-state index contributed by atoms with van der Waals surface area (Å²) in [5.41, 5.74) is 3.78. The Morgan fingerprint density at radius 1 is 1.47 bits per heavy atom. The van der Waals surface area contributed by atoms with Gasteiger partial charge in [-0.15, -0.1) is 0 Å². The van der Waals surface area contributed by atoms with E-state index in [-0.39, 0.29) is 6.04 Å². The van der Waals surface area contributed by atoms with Crippen LogP contribution in [0.4, 0.5) is 0 Å². The van der Waals surface area contributed by atoms with Crippen LogP contribution in [-0.2, 0) is 0 Å². The van der Waals surface area contributed by atoms with Crippen molar-refractivity contribution < 1.29 is 4.42 Å². The van der Waals surface area contributed by atoms with Gasteiger partial charge in [0.2, 0.25) is 5.89 Å². The number of oxazole rings is 1. The largest absolute Gasteiger partial charge is 0.439 e. The summed E-state index contributed by atoms with van der Waals surface area (Å²) in [6, 6.07) is 2.23. The fraction of sp³-hybridized carbons (Fsp3) is 0.462. The molecular formula is C13H15ClN2O. The molecule has 1 unspecified atom stereocenters. The lowest BCUT2D eigenvalue weighted by molar-refractivity contribution is 0.451. The van der Waals surface area contributed by atoms with Crippen LogP contribution in [0.1, 0.15) is 35.9 Å². The van der Waals surface area contributed by atoms with E-state index in [9.17, 15) is 0 Å². The Hall–Kier alpha value is -1.06. The zero-order valence-corrected chi connectivity index (χ0v) is 10.8. The zero-order valence-electron chi connectivity index (χ0n) is 10.0. The highest BCUT2D eigenvalue weighted by Gasteiger charge is 2.22. The summed E-state index contributed by atoms with van der Waals surface area (Å²) < 4.78 is 5.84. The van der Waals surface area contributed by atoms with Gasteiger partial charge >= 0.3 is 0 Å². The van der Waals surface area contributed by atoms with Gasteiger partial charge in [0, 0.05) is 5.02 Å². The number of halogens is 1. The van der Waals surface area contributed by atoms with Crippen molar-refractivity contribution in [2.24, 2.45) is 0 Å². The van der Waals surface area contributed by atoms with E-state index < -0.39 is 0 Å². The first-order chi connectivity index (χ1) is 8.16. The Labute approximate surface area is 105 Å². The average Bonchev–Trinajstić information content (AvgIpc) is 2.93. The third-order valence-electron chi connectivity index (χ3n) is 3.41. The van der Waals surface area contributed by atoms with E-state index >= 15 is 0 Å². The van der Waals surface area contributed by atoms with Crippen molar-refractivity contribution in [1.82, 2.24) is 10.3 Å². The average molecular weight is 251 g/mol. The summed E-state index contributed by atoms with van der Waals surface area (Å²) in [4.78, 5) is 4.58. The maximum Gasteiger partial charge on any atom is 0.212 e. The number of aryl methyl sites for hydroxylation is 2. The number of nitrogens with zero attached hydrogens (tertiary/aromatic N) is 1. The first-order valence-corrected chi connectivity index (χ1v) is 6.34. The van der Waals surface area contributed by atoms with E-state index in [1.165, 1.54) is 6.42 Å². The van der Waals surface area contributed by atoms with E-state index in [0.717, 1.165) is 46.1 Å². The number of aromatic nitrogens is 1. The van der Waals surface area contributed by atoms with Crippen molar-refractivity contribution in [2.45, 2.75) is 32.7 Å². The molecule has 0 radical (unpaired) electrons. The van der Waals surface area contributed by atoms with Crippen LogP contribution in [0, 0.1) is 13.8 Å². The minimum Gasteiger partial charge on any atom is -0.439 e. The van der Waals surface area contributed by atoms with Crippen LogP contribution in [0.5, 0.6) is 0 Å². The molecule has 1 aliphatic rings. The predicted octanol–water partition coefficient (Wildman–Crippen LogP) is 3.52. The molecule has 1 aliphatic heterocycles. The molecule has 1 aromatic heterocycles. The van der Waals surface area contributed by atoms with Gasteiger partial charge in [0.15, 0.2) is 5.58 Å². The Kier molecular flexibility index (Phi) is 2.60. The van der Waals surface area contributed by atoms with Gasteiger partial charge < -0.3 is 9.73 Å². The van der Waals surface area contributed by atoms with Crippen molar-refractivity contribution in [3.05, 3.63) is 28.1 Å². The van der Waals surface area contributed by atoms with E-state index in [0.29, 0.717) is 0 Å². The fourth-order valence-corrected chi connectivity index (χ4v) is 2.56. The Morgan fingerprint density at radius 3 is 3.00 bits per heavy atom. The first-order valence-electron chi connectivity index (χ1n) is 5.96. The van der Waals surface area contributed by atoms with Crippen molar-refractivity contribution in [1.29, 1.82) is 0 Å². The molecule has 0 saturated carbocycles. The lowest BCUT2D eigenvalue weighted by Gasteiger charge is -2.02. The molecule has 0 aliphatic carbocycles. The maximum absolute atomic E-state index is 6.23. The predicted molar refractivity (Wildman–Crippen MR) is 68.5 cm³/mol. The molecule has 90 valence electrons. The van der Waals surface area contributed by atoms with Gasteiger partial charge in [-0.05, 0) is 50.4 Å². The standard InChI is InChI=1S/C13H15ClN2O/c1-7-6-10-12(8(2)11(7)14)16-13(17-10)9-4-3-5-15-9/h6,9,15H,3-5H2,1-2H3. The Morgan fingerprint density at radius 2 is 2.29 bits per heavy atom.